The van der Waals surface area contributed by atoms with Gasteiger partial charge in [0.2, 0.25) is 5.95 Å². The molecule has 294 valence electrons. The highest BCUT2D eigenvalue weighted by atomic mass is 32.1. The summed E-state index contributed by atoms with van der Waals surface area (Å²) in [5.74, 6) is 0.638. The molecule has 0 N–H and O–H groups in total. The molecule has 0 aliphatic rings. The lowest BCUT2D eigenvalue weighted by Crippen LogP contribution is -2.04. The summed E-state index contributed by atoms with van der Waals surface area (Å²) < 4.78 is 7.11. The van der Waals surface area contributed by atoms with Gasteiger partial charge in [0.05, 0.1) is 43.8 Å². The summed E-state index contributed by atoms with van der Waals surface area (Å²) in [6.45, 7) is 0. The number of fused-ring (bicyclic) bond motifs is 9. The van der Waals surface area contributed by atoms with Gasteiger partial charge in [0.25, 0.3) is 0 Å². The molecule has 0 amide bonds. The molecule has 0 bridgehead atoms. The topological polar surface area (TPSA) is 48.5 Å². The van der Waals surface area contributed by atoms with Crippen LogP contribution in [0.15, 0.2) is 212 Å². The van der Waals surface area contributed by atoms with Crippen LogP contribution in [0.3, 0.4) is 0 Å². The van der Waals surface area contributed by atoms with E-state index in [4.69, 9.17) is 15.0 Å². The van der Waals surface area contributed by atoms with Crippen molar-refractivity contribution in [3.63, 3.8) is 0 Å². The lowest BCUT2D eigenvalue weighted by atomic mass is 10.0. The van der Waals surface area contributed by atoms with Crippen LogP contribution >= 0.6 is 11.3 Å². The van der Waals surface area contributed by atoms with E-state index in [2.05, 4.69) is 203 Å². The predicted octanol–water partition coefficient (Wildman–Crippen LogP) is 15.1. The van der Waals surface area contributed by atoms with Gasteiger partial charge in [0.15, 0.2) is 0 Å². The van der Waals surface area contributed by atoms with Crippen molar-refractivity contribution in [1.29, 1.82) is 0 Å². The van der Waals surface area contributed by atoms with E-state index in [9.17, 15) is 0 Å². The molecule has 0 saturated heterocycles. The van der Waals surface area contributed by atoms with Gasteiger partial charge in [-0.25, -0.2) is 9.97 Å². The van der Waals surface area contributed by atoms with Crippen molar-refractivity contribution in [2.75, 3.05) is 0 Å². The van der Waals surface area contributed by atoms with Crippen molar-refractivity contribution in [2.45, 2.75) is 0 Å². The highest BCUT2D eigenvalue weighted by molar-refractivity contribution is 7.25. The Balaban J connectivity index is 0.936. The predicted molar refractivity (Wildman–Crippen MR) is 263 cm³/mol. The third-order valence-electron chi connectivity index (χ3n) is 12.4. The molecule has 0 atom stereocenters. The van der Waals surface area contributed by atoms with Crippen molar-refractivity contribution in [2.24, 2.45) is 0 Å². The van der Waals surface area contributed by atoms with E-state index in [0.29, 0.717) is 5.95 Å². The molecule has 5 heterocycles. The average molecular weight is 822 g/mol. The van der Waals surface area contributed by atoms with Gasteiger partial charge >= 0.3 is 0 Å². The first-order valence-electron chi connectivity index (χ1n) is 21.2. The zero-order chi connectivity index (χ0) is 41.4. The Morgan fingerprint density at radius 1 is 0.317 bits per heavy atom. The second-order valence-corrected chi connectivity index (χ2v) is 17.1. The minimum atomic E-state index is 0.638. The zero-order valence-corrected chi connectivity index (χ0v) is 34.7. The molecule has 0 unspecified atom stereocenters. The van der Waals surface area contributed by atoms with Crippen LogP contribution in [-0.2, 0) is 0 Å². The van der Waals surface area contributed by atoms with Crippen LogP contribution in [-0.4, -0.2) is 24.1 Å². The van der Waals surface area contributed by atoms with E-state index >= 15 is 0 Å². The Labute approximate surface area is 366 Å². The van der Waals surface area contributed by atoms with Crippen LogP contribution in [0.4, 0.5) is 0 Å². The smallest absolute Gasteiger partial charge is 0.235 e. The molecule has 0 saturated carbocycles. The van der Waals surface area contributed by atoms with Crippen LogP contribution in [0.2, 0.25) is 0 Å². The normalized spacial score (nSPS) is 11.8. The first-order chi connectivity index (χ1) is 31.2. The van der Waals surface area contributed by atoms with Crippen LogP contribution in [0.25, 0.3) is 120 Å². The Kier molecular flexibility index (Phi) is 8.01. The fourth-order valence-electron chi connectivity index (χ4n) is 9.41. The fraction of sp³-hybridized carbons (Fsp3) is 0. The zero-order valence-electron chi connectivity index (χ0n) is 33.9. The maximum Gasteiger partial charge on any atom is 0.235 e. The van der Waals surface area contributed by atoms with Gasteiger partial charge < -0.3 is 4.57 Å². The molecule has 13 rings (SSSR count). The van der Waals surface area contributed by atoms with Gasteiger partial charge in [-0.1, -0.05) is 146 Å². The molecule has 5 nitrogen and oxygen atoms in total. The highest BCUT2D eigenvalue weighted by Gasteiger charge is 2.19. The van der Waals surface area contributed by atoms with Gasteiger partial charge in [0, 0.05) is 65.6 Å². The SMILES string of the molecule is c1ccc(-c2cc(-c3ccccc3)nc(-n3c4ccccc4c4ccc(-c5ccc6c(c5)c5ccccc5n6-c5ccc(-c6cc7c(cn6)sc6ccccc67)cc5)cc43)n2)cc1. The summed E-state index contributed by atoms with van der Waals surface area (Å²) in [5.41, 5.74) is 13.8. The number of hydrogen-bond donors (Lipinski definition) is 0. The molecular formula is C57H35N5S. The number of thiophene rings is 1. The molecule has 0 spiro atoms. The second-order valence-electron chi connectivity index (χ2n) is 16.1. The van der Waals surface area contributed by atoms with E-state index in [0.717, 1.165) is 77.9 Å². The number of hydrogen-bond acceptors (Lipinski definition) is 4. The summed E-state index contributed by atoms with van der Waals surface area (Å²) in [7, 11) is 0. The average Bonchev–Trinajstić information content (AvgIpc) is 4.01. The maximum atomic E-state index is 5.27. The molecule has 13 aromatic rings. The molecule has 63 heavy (non-hydrogen) atoms. The van der Waals surface area contributed by atoms with Crippen LogP contribution in [0.5, 0.6) is 0 Å². The Morgan fingerprint density at radius 3 is 1.59 bits per heavy atom. The van der Waals surface area contributed by atoms with Gasteiger partial charge in [0.1, 0.15) is 0 Å². The molecule has 0 aliphatic carbocycles. The van der Waals surface area contributed by atoms with Gasteiger partial charge in [-0.3, -0.25) is 9.55 Å². The van der Waals surface area contributed by atoms with E-state index < -0.39 is 0 Å². The van der Waals surface area contributed by atoms with Crippen LogP contribution in [0.1, 0.15) is 0 Å². The molecule has 6 heteroatoms. The lowest BCUT2D eigenvalue weighted by molar-refractivity contribution is 0.996. The van der Waals surface area contributed by atoms with Gasteiger partial charge in [-0.2, -0.15) is 0 Å². The molecule has 0 aliphatic heterocycles. The summed E-state index contributed by atoms with van der Waals surface area (Å²) in [4.78, 5) is 15.4. The maximum absolute atomic E-state index is 5.27. The van der Waals surface area contributed by atoms with Crippen LogP contribution in [0, 0.1) is 0 Å². The highest BCUT2D eigenvalue weighted by Crippen LogP contribution is 2.40. The minimum Gasteiger partial charge on any atom is -0.309 e. The number of nitrogens with zero attached hydrogens (tertiary/aromatic N) is 5. The minimum absolute atomic E-state index is 0.638. The molecule has 8 aromatic carbocycles. The van der Waals surface area contributed by atoms with Gasteiger partial charge in [-0.05, 0) is 71.8 Å². The molecule has 0 radical (unpaired) electrons. The number of pyridine rings is 1. The number of para-hydroxylation sites is 2. The van der Waals surface area contributed by atoms with Crippen molar-refractivity contribution >= 4 is 75.1 Å². The summed E-state index contributed by atoms with van der Waals surface area (Å²) in [6.07, 6.45) is 2.02. The quantitative estimate of drug-likeness (QED) is 0.168. The monoisotopic (exact) mass is 821 g/mol. The van der Waals surface area contributed by atoms with Crippen molar-refractivity contribution in [3.05, 3.63) is 212 Å². The van der Waals surface area contributed by atoms with Crippen molar-refractivity contribution in [3.8, 4) is 56.5 Å². The molecule has 5 aromatic heterocycles. The first-order valence-corrected chi connectivity index (χ1v) is 22.0. The van der Waals surface area contributed by atoms with E-state index in [1.165, 1.54) is 36.5 Å². The van der Waals surface area contributed by atoms with Crippen molar-refractivity contribution in [1.82, 2.24) is 24.1 Å². The Morgan fingerprint density at radius 2 is 0.857 bits per heavy atom. The Bertz CT molecular complexity index is 3840. The fourth-order valence-corrected chi connectivity index (χ4v) is 10.5. The number of aromatic nitrogens is 5. The van der Waals surface area contributed by atoms with E-state index in [1.807, 2.05) is 18.3 Å². The van der Waals surface area contributed by atoms with E-state index in [-0.39, 0.29) is 0 Å². The first kappa shape index (κ1) is 35.6. The number of benzene rings is 8. The Hall–Kier alpha value is -8.19. The lowest BCUT2D eigenvalue weighted by Gasteiger charge is -2.12. The third kappa shape index (κ3) is 5.80. The van der Waals surface area contributed by atoms with Crippen LogP contribution < -0.4 is 0 Å². The largest absolute Gasteiger partial charge is 0.309 e. The molecular weight excluding hydrogens is 787 g/mol. The molecule has 0 fully saturated rings. The standard InChI is InChI=1S/C57H35N5S/c1-3-13-36(14-4-1)49-34-50(37-15-5-2-6-16-37)60-57(59-49)62-52-21-11-7-17-42(52)44-29-25-40(32-54(44)62)39-26-30-53-46(31-39)43-18-8-10-20-51(43)61(53)41-27-23-38(24-28-41)48-33-47-45-19-9-12-22-55(45)63-56(47)35-58-48/h1-35H. The van der Waals surface area contributed by atoms with E-state index in [1.54, 1.807) is 11.3 Å². The second kappa shape index (κ2) is 14.2. The third-order valence-corrected chi connectivity index (χ3v) is 13.5. The van der Waals surface area contributed by atoms with Gasteiger partial charge in [-0.15, -0.1) is 11.3 Å². The summed E-state index contributed by atoms with van der Waals surface area (Å²) >= 11 is 1.80. The summed E-state index contributed by atoms with van der Waals surface area (Å²) in [6, 6.07) is 73.5. The number of rotatable bonds is 6. The van der Waals surface area contributed by atoms with Crippen molar-refractivity contribution < 1.29 is 0 Å². The summed E-state index contributed by atoms with van der Waals surface area (Å²) in [5, 5.41) is 7.27.